The maximum absolute atomic E-state index is 11.7. The second-order valence-electron chi connectivity index (χ2n) is 5.95. The van der Waals surface area contributed by atoms with E-state index in [-0.39, 0.29) is 11.6 Å². The maximum Gasteiger partial charge on any atom is 0.251 e. The van der Waals surface area contributed by atoms with Gasteiger partial charge < -0.3 is 9.51 Å². The lowest BCUT2D eigenvalue weighted by atomic mass is 10.1. The Kier molecular flexibility index (Phi) is 4.53. The number of H-pyrrole nitrogens is 1. The van der Waals surface area contributed by atoms with Crippen molar-refractivity contribution in [2.45, 2.75) is 32.9 Å². The van der Waals surface area contributed by atoms with Crippen molar-refractivity contribution < 1.29 is 4.52 Å². The minimum absolute atomic E-state index is 0.0611. The van der Waals surface area contributed by atoms with Crippen molar-refractivity contribution in [2.75, 3.05) is 26.7 Å². The number of nitrogens with one attached hydrogen (secondary N) is 1. The van der Waals surface area contributed by atoms with Crippen LogP contribution in [0.25, 0.3) is 0 Å². The van der Waals surface area contributed by atoms with E-state index < -0.39 is 0 Å². The Bertz CT molecular complexity index is 725. The Hall–Kier alpha value is -2.06. The molecule has 1 aliphatic heterocycles. The number of aromatic amines is 1. The van der Waals surface area contributed by atoms with Crippen LogP contribution in [0.4, 0.5) is 0 Å². The first-order valence-corrected chi connectivity index (χ1v) is 7.87. The first-order valence-electron chi connectivity index (χ1n) is 7.87. The zero-order valence-electron chi connectivity index (χ0n) is 13.7. The van der Waals surface area contributed by atoms with Gasteiger partial charge in [0.25, 0.3) is 5.56 Å². The predicted octanol–water partition coefficient (Wildman–Crippen LogP) is 0.512. The fourth-order valence-electron chi connectivity index (χ4n) is 2.82. The molecule has 1 saturated heterocycles. The first-order chi connectivity index (χ1) is 11.0. The van der Waals surface area contributed by atoms with Gasteiger partial charge in [-0.15, -0.1) is 0 Å². The van der Waals surface area contributed by atoms with Crippen molar-refractivity contribution in [3.8, 4) is 0 Å². The molecule has 2 aromatic heterocycles. The van der Waals surface area contributed by atoms with Crippen LogP contribution < -0.4 is 5.56 Å². The molecule has 3 rings (SSSR count). The average Bonchev–Trinajstić information content (AvgIpc) is 2.95. The number of hydrogen-bond donors (Lipinski definition) is 1. The van der Waals surface area contributed by atoms with Gasteiger partial charge in [0.05, 0.1) is 6.54 Å². The van der Waals surface area contributed by atoms with Gasteiger partial charge in [-0.05, 0) is 20.4 Å². The molecule has 0 saturated carbocycles. The number of hydrogen-bond acceptors (Lipinski definition) is 7. The van der Waals surface area contributed by atoms with Crippen LogP contribution in [0.5, 0.6) is 0 Å². The average molecular weight is 318 g/mol. The molecular formula is C15H22N6O2. The van der Waals surface area contributed by atoms with E-state index in [0.29, 0.717) is 24.1 Å². The molecule has 1 aliphatic rings. The topological polar surface area (TPSA) is 91.2 Å². The Balaban J connectivity index is 1.74. The third kappa shape index (κ3) is 3.65. The molecule has 124 valence electrons. The molecule has 0 unspecified atom stereocenters. The summed E-state index contributed by atoms with van der Waals surface area (Å²) in [6, 6.07) is 1.61. The minimum atomic E-state index is -0.0925. The van der Waals surface area contributed by atoms with E-state index in [1.165, 1.54) is 0 Å². The molecule has 0 spiro atoms. The van der Waals surface area contributed by atoms with Gasteiger partial charge in [-0.3, -0.25) is 14.6 Å². The number of piperazine rings is 1. The van der Waals surface area contributed by atoms with Gasteiger partial charge in [-0.2, -0.15) is 4.98 Å². The Labute approximate surface area is 134 Å². The van der Waals surface area contributed by atoms with E-state index in [4.69, 9.17) is 4.52 Å². The Morgan fingerprint density at radius 3 is 2.91 bits per heavy atom. The molecule has 0 radical (unpaired) electrons. The summed E-state index contributed by atoms with van der Waals surface area (Å²) in [6.07, 6.45) is 0.754. The quantitative estimate of drug-likeness (QED) is 0.878. The van der Waals surface area contributed by atoms with Crippen LogP contribution in [0, 0.1) is 6.92 Å². The van der Waals surface area contributed by atoms with Gasteiger partial charge in [0.2, 0.25) is 5.89 Å². The van der Waals surface area contributed by atoms with Crippen LogP contribution in [-0.2, 0) is 13.0 Å². The molecule has 2 aromatic rings. The number of rotatable bonds is 4. The monoisotopic (exact) mass is 318 g/mol. The maximum atomic E-state index is 11.7. The second kappa shape index (κ2) is 6.59. The van der Waals surface area contributed by atoms with Gasteiger partial charge in [0.1, 0.15) is 11.9 Å². The summed E-state index contributed by atoms with van der Waals surface area (Å²) < 4.78 is 5.33. The summed E-state index contributed by atoms with van der Waals surface area (Å²) in [6.45, 7) is 6.98. The summed E-state index contributed by atoms with van der Waals surface area (Å²) in [7, 11) is 2.05. The number of aromatic nitrogens is 4. The van der Waals surface area contributed by atoms with Gasteiger partial charge in [-0.1, -0.05) is 12.1 Å². The van der Waals surface area contributed by atoms with Crippen LogP contribution >= 0.6 is 0 Å². The van der Waals surface area contributed by atoms with Gasteiger partial charge in [-0.25, -0.2) is 4.98 Å². The van der Waals surface area contributed by atoms with Crippen molar-refractivity contribution in [3.63, 3.8) is 0 Å². The molecule has 1 N–H and O–H groups in total. The summed E-state index contributed by atoms with van der Waals surface area (Å²) in [5.41, 5.74) is 0.729. The molecule has 8 nitrogen and oxygen atoms in total. The van der Waals surface area contributed by atoms with Crippen LogP contribution in [0.1, 0.15) is 36.2 Å². The zero-order chi connectivity index (χ0) is 16.4. The normalized spacial score (nSPS) is 20.0. The third-order valence-electron chi connectivity index (χ3n) is 4.14. The van der Waals surface area contributed by atoms with E-state index in [0.717, 1.165) is 31.7 Å². The molecule has 0 amide bonds. The van der Waals surface area contributed by atoms with Crippen LogP contribution in [0.2, 0.25) is 0 Å². The largest absolute Gasteiger partial charge is 0.338 e. The van der Waals surface area contributed by atoms with Gasteiger partial charge in [0, 0.05) is 31.4 Å². The zero-order valence-corrected chi connectivity index (χ0v) is 13.7. The van der Waals surface area contributed by atoms with E-state index in [2.05, 4.69) is 37.0 Å². The molecule has 23 heavy (non-hydrogen) atoms. The molecule has 0 bridgehead atoms. The van der Waals surface area contributed by atoms with Crippen molar-refractivity contribution >= 4 is 0 Å². The highest BCUT2D eigenvalue weighted by atomic mass is 16.5. The molecule has 1 atom stereocenters. The highest BCUT2D eigenvalue weighted by Crippen LogP contribution is 2.23. The minimum Gasteiger partial charge on any atom is -0.338 e. The highest BCUT2D eigenvalue weighted by molar-refractivity contribution is 5.03. The standard InChI is InChI=1S/C15H22N6O2/c1-4-11-7-14(22)18-13(17-11)9-21-6-5-20(3)12(8-21)15-16-10(2)19-23-15/h7,12H,4-6,8-9H2,1-3H3,(H,17,18,22)/t12-/m0/s1. The molecule has 0 aliphatic carbocycles. The van der Waals surface area contributed by atoms with E-state index >= 15 is 0 Å². The van der Waals surface area contributed by atoms with Gasteiger partial charge >= 0.3 is 0 Å². The lowest BCUT2D eigenvalue weighted by Crippen LogP contribution is -2.46. The van der Waals surface area contributed by atoms with Crippen molar-refractivity contribution in [1.29, 1.82) is 0 Å². The highest BCUT2D eigenvalue weighted by Gasteiger charge is 2.30. The third-order valence-corrected chi connectivity index (χ3v) is 4.14. The number of nitrogens with zero attached hydrogens (tertiary/aromatic N) is 5. The van der Waals surface area contributed by atoms with Crippen LogP contribution in [0.15, 0.2) is 15.4 Å². The Morgan fingerprint density at radius 2 is 2.22 bits per heavy atom. The van der Waals surface area contributed by atoms with Gasteiger partial charge in [0.15, 0.2) is 5.82 Å². The number of aryl methyl sites for hydroxylation is 2. The number of likely N-dealkylation sites (N-methyl/N-ethyl adjacent to an activating group) is 1. The fourth-order valence-corrected chi connectivity index (χ4v) is 2.82. The SMILES string of the molecule is CCc1cc(=O)[nH]c(CN2CCN(C)[C@H](c3nc(C)no3)C2)n1. The Morgan fingerprint density at radius 1 is 1.39 bits per heavy atom. The summed E-state index contributed by atoms with van der Waals surface area (Å²) >= 11 is 0. The van der Waals surface area contributed by atoms with E-state index in [1.54, 1.807) is 6.07 Å². The smallest absolute Gasteiger partial charge is 0.251 e. The van der Waals surface area contributed by atoms with Crippen LogP contribution in [-0.4, -0.2) is 56.6 Å². The predicted molar refractivity (Wildman–Crippen MR) is 83.9 cm³/mol. The summed E-state index contributed by atoms with van der Waals surface area (Å²) in [5, 5.41) is 3.88. The second-order valence-corrected chi connectivity index (χ2v) is 5.95. The van der Waals surface area contributed by atoms with E-state index in [1.807, 2.05) is 13.8 Å². The first kappa shape index (κ1) is 15.8. The molecular weight excluding hydrogens is 296 g/mol. The van der Waals surface area contributed by atoms with Crippen LogP contribution in [0.3, 0.4) is 0 Å². The van der Waals surface area contributed by atoms with Crippen molar-refractivity contribution in [2.24, 2.45) is 0 Å². The van der Waals surface area contributed by atoms with E-state index in [9.17, 15) is 4.79 Å². The van der Waals surface area contributed by atoms with Crippen molar-refractivity contribution in [1.82, 2.24) is 29.9 Å². The molecule has 1 fully saturated rings. The molecule has 8 heteroatoms. The molecule has 0 aromatic carbocycles. The fraction of sp³-hybridized carbons (Fsp3) is 0.600. The van der Waals surface area contributed by atoms with Crippen molar-refractivity contribution in [3.05, 3.63) is 39.7 Å². The molecule has 3 heterocycles. The summed E-state index contributed by atoms with van der Waals surface area (Å²) in [4.78, 5) is 27.8. The summed E-state index contributed by atoms with van der Waals surface area (Å²) in [5.74, 6) is 1.99. The lowest BCUT2D eigenvalue weighted by Gasteiger charge is -2.37. The lowest BCUT2D eigenvalue weighted by molar-refractivity contribution is 0.0698.